The summed E-state index contributed by atoms with van der Waals surface area (Å²) in [5, 5.41) is 12.5. The van der Waals surface area contributed by atoms with E-state index < -0.39 is 0 Å². The van der Waals surface area contributed by atoms with Crippen LogP contribution in [0, 0.1) is 16.7 Å². The van der Waals surface area contributed by atoms with Crippen LogP contribution in [0.5, 0.6) is 0 Å². The van der Waals surface area contributed by atoms with Crippen LogP contribution < -0.4 is 10.2 Å². The molecule has 1 heterocycles. The van der Waals surface area contributed by atoms with Crippen molar-refractivity contribution in [1.82, 2.24) is 5.32 Å². The zero-order valence-corrected chi connectivity index (χ0v) is 11.7. The van der Waals surface area contributed by atoms with Gasteiger partial charge in [-0.2, -0.15) is 5.26 Å². The van der Waals surface area contributed by atoms with E-state index in [9.17, 15) is 0 Å². The van der Waals surface area contributed by atoms with Crippen LogP contribution in [0.1, 0.15) is 32.3 Å². The topological polar surface area (TPSA) is 39.1 Å². The number of rotatable bonds is 1. The lowest BCUT2D eigenvalue weighted by molar-refractivity contribution is 0.456. The minimum absolute atomic E-state index is 0.111. The average Bonchev–Trinajstić information content (AvgIpc) is 3.17. The van der Waals surface area contributed by atoms with Crippen molar-refractivity contribution in [2.24, 2.45) is 5.41 Å². The standard InChI is InChI=1S/C16H21N3/c1-15(2)10-18-11-16(7-8-16)12-19(15)14-5-3-13(9-17)4-6-14/h3-6,18H,7-8,10-12H2,1-2H3. The lowest BCUT2D eigenvalue weighted by Crippen LogP contribution is -2.49. The molecule has 0 bridgehead atoms. The van der Waals surface area contributed by atoms with Gasteiger partial charge in [0.2, 0.25) is 0 Å². The van der Waals surface area contributed by atoms with E-state index in [1.165, 1.54) is 18.5 Å². The molecule has 1 aliphatic carbocycles. The van der Waals surface area contributed by atoms with E-state index >= 15 is 0 Å². The van der Waals surface area contributed by atoms with E-state index in [4.69, 9.17) is 5.26 Å². The van der Waals surface area contributed by atoms with Crippen LogP contribution in [0.15, 0.2) is 24.3 Å². The quantitative estimate of drug-likeness (QED) is 0.838. The molecule has 1 N–H and O–H groups in total. The summed E-state index contributed by atoms with van der Waals surface area (Å²) >= 11 is 0. The van der Waals surface area contributed by atoms with Gasteiger partial charge in [-0.3, -0.25) is 0 Å². The van der Waals surface area contributed by atoms with E-state index in [1.807, 2.05) is 12.1 Å². The predicted octanol–water partition coefficient (Wildman–Crippen LogP) is 2.53. The number of benzene rings is 1. The van der Waals surface area contributed by atoms with E-state index in [2.05, 4.69) is 42.3 Å². The van der Waals surface area contributed by atoms with Gasteiger partial charge in [0, 0.05) is 36.3 Å². The van der Waals surface area contributed by atoms with Crippen LogP contribution in [-0.2, 0) is 0 Å². The maximum Gasteiger partial charge on any atom is 0.0991 e. The monoisotopic (exact) mass is 255 g/mol. The van der Waals surface area contributed by atoms with Crippen molar-refractivity contribution >= 4 is 5.69 Å². The van der Waals surface area contributed by atoms with Crippen LogP contribution in [0.4, 0.5) is 5.69 Å². The Hall–Kier alpha value is -1.53. The Morgan fingerprint density at radius 3 is 2.42 bits per heavy atom. The first-order chi connectivity index (χ1) is 9.05. The molecule has 0 aromatic heterocycles. The van der Waals surface area contributed by atoms with Crippen molar-refractivity contribution in [3.8, 4) is 6.07 Å². The molecule has 0 unspecified atom stereocenters. The lowest BCUT2D eigenvalue weighted by atomic mass is 9.99. The Morgan fingerprint density at radius 1 is 1.16 bits per heavy atom. The third-order valence-electron chi connectivity index (χ3n) is 4.55. The molecule has 1 aromatic rings. The second-order valence-electron chi connectivity index (χ2n) is 6.66. The molecule has 3 nitrogen and oxygen atoms in total. The second kappa shape index (κ2) is 4.25. The van der Waals surface area contributed by atoms with Crippen LogP contribution >= 0.6 is 0 Å². The minimum atomic E-state index is 0.111. The predicted molar refractivity (Wildman–Crippen MR) is 77.1 cm³/mol. The molecule has 3 rings (SSSR count). The van der Waals surface area contributed by atoms with Crippen molar-refractivity contribution in [3.05, 3.63) is 29.8 Å². The SMILES string of the molecule is CC1(C)CNCC2(CC2)CN1c1ccc(C#N)cc1. The summed E-state index contributed by atoms with van der Waals surface area (Å²) in [6, 6.07) is 10.2. The van der Waals surface area contributed by atoms with Crippen molar-refractivity contribution in [1.29, 1.82) is 5.26 Å². The van der Waals surface area contributed by atoms with E-state index in [1.54, 1.807) is 0 Å². The maximum atomic E-state index is 8.91. The molecular formula is C16H21N3. The van der Waals surface area contributed by atoms with Gasteiger partial charge in [-0.1, -0.05) is 0 Å². The molecule has 2 aliphatic rings. The largest absolute Gasteiger partial charge is 0.365 e. The number of nitrogens with zero attached hydrogens (tertiary/aromatic N) is 2. The second-order valence-corrected chi connectivity index (χ2v) is 6.66. The first kappa shape index (κ1) is 12.5. The molecule has 1 aromatic carbocycles. The highest BCUT2D eigenvalue weighted by Gasteiger charge is 2.47. The van der Waals surface area contributed by atoms with Crippen molar-refractivity contribution in [2.45, 2.75) is 32.2 Å². The number of nitrogens with one attached hydrogen (secondary N) is 1. The Labute approximate surface area is 115 Å². The van der Waals surface area contributed by atoms with Crippen LogP contribution in [-0.4, -0.2) is 25.2 Å². The summed E-state index contributed by atoms with van der Waals surface area (Å²) in [7, 11) is 0. The number of hydrogen-bond acceptors (Lipinski definition) is 3. The highest BCUT2D eigenvalue weighted by Crippen LogP contribution is 2.48. The molecular weight excluding hydrogens is 234 g/mol. The van der Waals surface area contributed by atoms with Gasteiger partial charge in [0.25, 0.3) is 0 Å². The smallest absolute Gasteiger partial charge is 0.0991 e. The molecule has 1 spiro atoms. The Kier molecular flexibility index (Phi) is 2.79. The molecule has 1 saturated heterocycles. The molecule has 0 amide bonds. The van der Waals surface area contributed by atoms with E-state index in [0.29, 0.717) is 5.41 Å². The summed E-state index contributed by atoms with van der Waals surface area (Å²) in [5.74, 6) is 0. The highest BCUT2D eigenvalue weighted by molar-refractivity contribution is 5.52. The number of anilines is 1. The van der Waals surface area contributed by atoms with Gasteiger partial charge in [0.05, 0.1) is 11.6 Å². The molecule has 2 fully saturated rings. The third-order valence-corrected chi connectivity index (χ3v) is 4.55. The van der Waals surface area contributed by atoms with Gasteiger partial charge < -0.3 is 10.2 Å². The average molecular weight is 255 g/mol. The number of nitriles is 1. The zero-order valence-electron chi connectivity index (χ0n) is 11.7. The molecule has 1 saturated carbocycles. The van der Waals surface area contributed by atoms with Gasteiger partial charge in [0.15, 0.2) is 0 Å². The molecule has 3 heteroatoms. The summed E-state index contributed by atoms with van der Waals surface area (Å²) in [5.41, 5.74) is 2.57. The fourth-order valence-corrected chi connectivity index (χ4v) is 3.00. The molecule has 0 atom stereocenters. The number of hydrogen-bond donors (Lipinski definition) is 1. The fraction of sp³-hybridized carbons (Fsp3) is 0.562. The summed E-state index contributed by atoms with van der Waals surface area (Å²) in [6.07, 6.45) is 2.67. The van der Waals surface area contributed by atoms with Gasteiger partial charge in [-0.15, -0.1) is 0 Å². The van der Waals surface area contributed by atoms with Gasteiger partial charge in [-0.25, -0.2) is 0 Å². The zero-order chi connectivity index (χ0) is 13.5. The van der Waals surface area contributed by atoms with Gasteiger partial charge in [0.1, 0.15) is 0 Å². The molecule has 19 heavy (non-hydrogen) atoms. The van der Waals surface area contributed by atoms with Crippen LogP contribution in [0.2, 0.25) is 0 Å². The first-order valence-electron chi connectivity index (χ1n) is 7.03. The highest BCUT2D eigenvalue weighted by atomic mass is 15.2. The Bertz CT molecular complexity index is 506. The van der Waals surface area contributed by atoms with Crippen molar-refractivity contribution < 1.29 is 0 Å². The minimum Gasteiger partial charge on any atom is -0.365 e. The first-order valence-corrected chi connectivity index (χ1v) is 7.03. The molecule has 0 radical (unpaired) electrons. The Balaban J connectivity index is 1.92. The fourth-order valence-electron chi connectivity index (χ4n) is 3.00. The lowest BCUT2D eigenvalue weighted by Gasteiger charge is -2.40. The molecule has 100 valence electrons. The van der Waals surface area contributed by atoms with Crippen molar-refractivity contribution in [2.75, 3.05) is 24.5 Å². The van der Waals surface area contributed by atoms with E-state index in [-0.39, 0.29) is 5.54 Å². The molecule has 1 aliphatic heterocycles. The summed E-state index contributed by atoms with van der Waals surface area (Å²) in [6.45, 7) is 7.86. The van der Waals surface area contributed by atoms with Gasteiger partial charge >= 0.3 is 0 Å². The normalized spacial score (nSPS) is 23.7. The Morgan fingerprint density at radius 2 is 1.84 bits per heavy atom. The third kappa shape index (κ3) is 2.33. The van der Waals surface area contributed by atoms with Crippen LogP contribution in [0.3, 0.4) is 0 Å². The summed E-state index contributed by atoms with van der Waals surface area (Å²) in [4.78, 5) is 2.52. The van der Waals surface area contributed by atoms with Crippen LogP contribution in [0.25, 0.3) is 0 Å². The van der Waals surface area contributed by atoms with E-state index in [0.717, 1.165) is 25.2 Å². The van der Waals surface area contributed by atoms with Crippen molar-refractivity contribution in [3.63, 3.8) is 0 Å². The maximum absolute atomic E-state index is 8.91. The van der Waals surface area contributed by atoms with Gasteiger partial charge in [-0.05, 0) is 51.0 Å². The summed E-state index contributed by atoms with van der Waals surface area (Å²) < 4.78 is 0.